The van der Waals surface area contributed by atoms with Crippen LogP contribution in [-0.2, 0) is 9.53 Å². The molecule has 2 aromatic rings. The Morgan fingerprint density at radius 2 is 1.68 bits per heavy atom. The summed E-state index contributed by atoms with van der Waals surface area (Å²) >= 11 is 6.17. The van der Waals surface area contributed by atoms with Crippen LogP contribution in [0.3, 0.4) is 0 Å². The van der Waals surface area contributed by atoms with Crippen LogP contribution in [0, 0.1) is 18.8 Å². The highest BCUT2D eigenvalue weighted by molar-refractivity contribution is 6.31. The first-order valence-electron chi connectivity index (χ1n) is 13.4. The zero-order valence-corrected chi connectivity index (χ0v) is 24.7. The molecule has 6 heteroatoms. The summed E-state index contributed by atoms with van der Waals surface area (Å²) in [5.74, 6) is -0.0369. The second-order valence-electron chi connectivity index (χ2n) is 9.65. The summed E-state index contributed by atoms with van der Waals surface area (Å²) in [5, 5.41) is 12.1. The van der Waals surface area contributed by atoms with Crippen LogP contribution in [0.1, 0.15) is 90.0 Å². The number of halogens is 1. The van der Waals surface area contributed by atoms with Crippen molar-refractivity contribution >= 4 is 29.2 Å². The van der Waals surface area contributed by atoms with Gasteiger partial charge < -0.3 is 9.84 Å². The number of ether oxygens (including phenoxy) is 1. The first kappa shape index (κ1) is 33.0. The molecule has 1 fully saturated rings. The third-order valence-corrected chi connectivity index (χ3v) is 6.77. The molecule has 208 valence electrons. The van der Waals surface area contributed by atoms with E-state index in [1.165, 1.54) is 12.0 Å². The molecule has 0 bridgehead atoms. The lowest BCUT2D eigenvalue weighted by Gasteiger charge is -2.22. The van der Waals surface area contributed by atoms with E-state index < -0.39 is 18.2 Å². The van der Waals surface area contributed by atoms with E-state index in [0.29, 0.717) is 16.6 Å². The number of allylic oxidation sites excluding steroid dienone is 2. The third-order valence-electron chi connectivity index (χ3n) is 6.43. The van der Waals surface area contributed by atoms with E-state index in [1.807, 2.05) is 77.1 Å². The van der Waals surface area contributed by atoms with Crippen LogP contribution in [0.25, 0.3) is 5.57 Å². The fourth-order valence-electron chi connectivity index (χ4n) is 4.29. The van der Waals surface area contributed by atoms with Crippen molar-refractivity contribution in [3.63, 3.8) is 0 Å². The smallest absolute Gasteiger partial charge is 0.412 e. The molecule has 0 heterocycles. The van der Waals surface area contributed by atoms with Crippen LogP contribution in [0.2, 0.25) is 5.02 Å². The van der Waals surface area contributed by atoms with Gasteiger partial charge in [0, 0.05) is 16.3 Å². The van der Waals surface area contributed by atoms with E-state index in [4.69, 9.17) is 21.4 Å². The van der Waals surface area contributed by atoms with Gasteiger partial charge in [0.2, 0.25) is 0 Å². The molecule has 3 atom stereocenters. The topological polar surface area (TPSA) is 75.6 Å². The van der Waals surface area contributed by atoms with Crippen LogP contribution in [-0.4, -0.2) is 17.2 Å². The second-order valence-corrected chi connectivity index (χ2v) is 10.1. The maximum absolute atomic E-state index is 12.4. The summed E-state index contributed by atoms with van der Waals surface area (Å²) in [4.78, 5) is 22.9. The van der Waals surface area contributed by atoms with Gasteiger partial charge in [-0.05, 0) is 69.2 Å². The van der Waals surface area contributed by atoms with Gasteiger partial charge in [0.05, 0.1) is 5.92 Å². The molecule has 1 aliphatic carbocycles. The van der Waals surface area contributed by atoms with Crippen molar-refractivity contribution in [1.29, 1.82) is 0 Å². The predicted octanol–water partition coefficient (Wildman–Crippen LogP) is 9.37. The van der Waals surface area contributed by atoms with E-state index in [1.54, 1.807) is 13.0 Å². The standard InChI is InChI=1S/C22H24ClNO2.C8H14O2.C2H6/c1-14(2)21(16(4)18-12-10-15(3)11-13-18)24-22(25)26-17(5)19-8-6-7-9-20(19)23;1-6-3-2-4-7(5-6)8(9)10;1-2/h6-13,17H,1H2,2-5H3,(H,24,25);6-7H,2-5H2,1H3,(H,9,10);1-2H3/b21-16-;;/t;6-,7?;/m.0./s1. The van der Waals surface area contributed by atoms with Gasteiger partial charge in [0.25, 0.3) is 0 Å². The number of aliphatic carboxylic acids is 1. The normalized spacial score (nSPS) is 17.8. The van der Waals surface area contributed by atoms with Crippen molar-refractivity contribution in [2.24, 2.45) is 11.8 Å². The summed E-state index contributed by atoms with van der Waals surface area (Å²) in [6.45, 7) is 17.7. The fraction of sp³-hybridized carbons (Fsp3) is 0.438. The van der Waals surface area contributed by atoms with E-state index in [9.17, 15) is 9.59 Å². The Hall–Kier alpha value is -3.05. The largest absolute Gasteiger partial charge is 0.481 e. The minimum absolute atomic E-state index is 0.0521. The van der Waals surface area contributed by atoms with Crippen molar-refractivity contribution in [1.82, 2.24) is 5.32 Å². The third kappa shape index (κ3) is 10.7. The Balaban J connectivity index is 0.000000501. The molecule has 1 saturated carbocycles. The van der Waals surface area contributed by atoms with Crippen LogP contribution in [0.4, 0.5) is 4.79 Å². The minimum atomic E-state index is -0.605. The van der Waals surface area contributed by atoms with Crippen molar-refractivity contribution in [3.8, 4) is 0 Å². The molecule has 2 N–H and O–H groups in total. The minimum Gasteiger partial charge on any atom is -0.481 e. The number of benzene rings is 2. The van der Waals surface area contributed by atoms with Gasteiger partial charge in [-0.15, -0.1) is 0 Å². The van der Waals surface area contributed by atoms with Crippen LogP contribution < -0.4 is 5.32 Å². The number of carboxylic acid groups (broad SMARTS) is 1. The average molecular weight is 542 g/mol. The Morgan fingerprint density at radius 3 is 2.18 bits per heavy atom. The number of hydrogen-bond acceptors (Lipinski definition) is 3. The number of hydrogen-bond donors (Lipinski definition) is 2. The van der Waals surface area contributed by atoms with Gasteiger partial charge in [-0.3, -0.25) is 10.1 Å². The molecule has 0 saturated heterocycles. The molecule has 1 amide bonds. The Morgan fingerprint density at radius 1 is 1.08 bits per heavy atom. The summed E-state index contributed by atoms with van der Waals surface area (Å²) in [7, 11) is 0. The van der Waals surface area contributed by atoms with E-state index in [-0.39, 0.29) is 5.92 Å². The van der Waals surface area contributed by atoms with E-state index >= 15 is 0 Å². The lowest BCUT2D eigenvalue weighted by atomic mass is 9.83. The number of carbonyl (C=O) groups excluding carboxylic acids is 1. The number of carbonyl (C=O) groups is 2. The summed E-state index contributed by atoms with van der Waals surface area (Å²) in [6, 6.07) is 15.4. The van der Waals surface area contributed by atoms with E-state index in [2.05, 4.69) is 18.8 Å². The number of rotatable bonds is 6. The molecular formula is C32H44ClNO4. The van der Waals surface area contributed by atoms with Gasteiger partial charge in [0.1, 0.15) is 6.10 Å². The zero-order chi connectivity index (χ0) is 28.8. The maximum Gasteiger partial charge on any atom is 0.412 e. The summed E-state index contributed by atoms with van der Waals surface area (Å²) in [6.07, 6.45) is 3.08. The van der Waals surface area contributed by atoms with Crippen molar-refractivity contribution in [2.75, 3.05) is 0 Å². The highest BCUT2D eigenvalue weighted by atomic mass is 35.5. The van der Waals surface area contributed by atoms with E-state index in [0.717, 1.165) is 41.5 Å². The van der Waals surface area contributed by atoms with Gasteiger partial charge in [-0.25, -0.2) is 4.79 Å². The van der Waals surface area contributed by atoms with Crippen molar-refractivity contribution in [2.45, 2.75) is 80.3 Å². The van der Waals surface area contributed by atoms with Gasteiger partial charge in [-0.2, -0.15) is 0 Å². The molecule has 0 aliphatic heterocycles. The fourth-order valence-corrected chi connectivity index (χ4v) is 4.58. The van der Waals surface area contributed by atoms with Crippen LogP contribution in [0.5, 0.6) is 0 Å². The molecule has 0 radical (unpaired) electrons. The summed E-state index contributed by atoms with van der Waals surface area (Å²) < 4.78 is 5.49. The Labute approximate surface area is 233 Å². The zero-order valence-electron chi connectivity index (χ0n) is 23.9. The molecule has 2 aromatic carbocycles. The number of nitrogens with one attached hydrogen (secondary N) is 1. The highest BCUT2D eigenvalue weighted by Crippen LogP contribution is 2.28. The van der Waals surface area contributed by atoms with Crippen molar-refractivity contribution in [3.05, 3.63) is 88.1 Å². The maximum atomic E-state index is 12.4. The Kier molecular flexibility index (Phi) is 14.5. The second kappa shape index (κ2) is 16.7. The van der Waals surface area contributed by atoms with Gasteiger partial charge >= 0.3 is 12.1 Å². The summed E-state index contributed by atoms with van der Waals surface area (Å²) in [5.41, 5.74) is 5.31. The lowest BCUT2D eigenvalue weighted by Crippen LogP contribution is -2.26. The molecular weight excluding hydrogens is 498 g/mol. The van der Waals surface area contributed by atoms with Gasteiger partial charge in [0.15, 0.2) is 0 Å². The molecule has 38 heavy (non-hydrogen) atoms. The average Bonchev–Trinajstić information content (AvgIpc) is 2.89. The number of alkyl carbamates (subject to hydrolysis) is 1. The SMILES string of the molecule is C=C(C)/C(NC(=O)OC(C)c1ccccc1Cl)=C(\C)c1ccc(C)cc1.CC.C[C@H]1CCCC(C(=O)O)C1. The number of carboxylic acids is 1. The lowest BCUT2D eigenvalue weighted by molar-refractivity contribution is -0.143. The molecule has 1 aliphatic rings. The first-order chi connectivity index (χ1) is 18.0. The van der Waals surface area contributed by atoms with Gasteiger partial charge in [-0.1, -0.05) is 99.8 Å². The first-order valence-corrected chi connectivity index (χ1v) is 13.8. The predicted molar refractivity (Wildman–Crippen MR) is 158 cm³/mol. The van der Waals surface area contributed by atoms with Crippen LogP contribution >= 0.6 is 11.6 Å². The van der Waals surface area contributed by atoms with Crippen LogP contribution in [0.15, 0.2) is 66.4 Å². The Bertz CT molecular complexity index is 1090. The van der Waals surface area contributed by atoms with Crippen molar-refractivity contribution < 1.29 is 19.4 Å². The number of amides is 1. The molecule has 2 unspecified atom stereocenters. The number of aryl methyl sites for hydroxylation is 1. The highest BCUT2D eigenvalue weighted by Gasteiger charge is 2.24. The molecule has 0 spiro atoms. The molecule has 5 nitrogen and oxygen atoms in total. The molecule has 3 rings (SSSR count). The quantitative estimate of drug-likeness (QED) is 0.357. The monoisotopic (exact) mass is 541 g/mol. The molecule has 0 aromatic heterocycles.